The van der Waals surface area contributed by atoms with E-state index in [1.165, 1.54) is 213 Å². The van der Waals surface area contributed by atoms with Crippen molar-refractivity contribution in [1.82, 2.24) is 4.57 Å². The van der Waals surface area contributed by atoms with Gasteiger partial charge in [0.1, 0.15) is 9.75 Å². The highest BCUT2D eigenvalue weighted by Gasteiger charge is 2.28. The van der Waals surface area contributed by atoms with Gasteiger partial charge in [0.2, 0.25) is 11.0 Å². The summed E-state index contributed by atoms with van der Waals surface area (Å²) in [5.74, 6) is 16.5. The lowest BCUT2D eigenvalue weighted by atomic mass is 10.1. The second-order valence-electron chi connectivity index (χ2n) is 22.0. The van der Waals surface area contributed by atoms with Crippen LogP contribution in [0.5, 0.6) is 0 Å². The zero-order valence-electron chi connectivity index (χ0n) is 49.4. The van der Waals surface area contributed by atoms with Crippen LogP contribution in [-0.2, 0) is 46.2 Å². The Balaban J connectivity index is 0.937. The van der Waals surface area contributed by atoms with Crippen LogP contribution in [0, 0.1) is 23.7 Å². The zero-order valence-corrected chi connectivity index (χ0v) is 56.8. The summed E-state index contributed by atoms with van der Waals surface area (Å²) < 4.78 is 4.84. The van der Waals surface area contributed by atoms with Gasteiger partial charge in [-0.1, -0.05) is 118 Å². The highest BCUT2D eigenvalue weighted by molar-refractivity contribution is 7.29. The highest BCUT2D eigenvalue weighted by Crippen LogP contribution is 2.47. The molecule has 10 aromatic heterocycles. The minimum absolute atomic E-state index is 1.03. The molecule has 11 heteroatoms. The van der Waals surface area contributed by atoms with Gasteiger partial charge in [0.25, 0.3) is 5.82 Å². The van der Waals surface area contributed by atoms with Gasteiger partial charge in [-0.2, -0.15) is 0 Å². The molecule has 0 aromatic carbocycles. The number of rotatable bonds is 29. The molecule has 10 aromatic rings. The maximum absolute atomic E-state index is 3.80. The molecule has 0 saturated heterocycles. The molecule has 0 saturated carbocycles. The molecular formula is C71H81N2S9+. The van der Waals surface area contributed by atoms with Gasteiger partial charge in [-0.25, -0.2) is 9.13 Å². The van der Waals surface area contributed by atoms with Gasteiger partial charge < -0.3 is 0 Å². The van der Waals surface area contributed by atoms with Crippen molar-refractivity contribution in [2.45, 2.75) is 182 Å². The Bertz CT molecular complexity index is 3530. The second-order valence-corrected chi connectivity index (χ2v) is 31.3. The van der Waals surface area contributed by atoms with E-state index in [4.69, 9.17) is 0 Å². The van der Waals surface area contributed by atoms with E-state index in [-0.39, 0.29) is 0 Å². The molecule has 428 valence electrons. The van der Waals surface area contributed by atoms with E-state index in [0.717, 1.165) is 51.6 Å². The van der Waals surface area contributed by atoms with E-state index < -0.39 is 0 Å². The van der Waals surface area contributed by atoms with Gasteiger partial charge in [0.15, 0.2) is 0 Å². The number of imidazole rings is 1. The normalized spacial score (nSPS) is 11.5. The van der Waals surface area contributed by atoms with E-state index in [0.29, 0.717) is 0 Å². The van der Waals surface area contributed by atoms with Crippen molar-refractivity contribution in [3.8, 4) is 82.2 Å². The molecule has 0 aliphatic carbocycles. The summed E-state index contributed by atoms with van der Waals surface area (Å²) in [7, 11) is 4.49. The average molecular weight is 1250 g/mol. The van der Waals surface area contributed by atoms with Gasteiger partial charge in [-0.05, 0) is 187 Å². The van der Waals surface area contributed by atoms with Crippen LogP contribution >= 0.6 is 102 Å². The number of unbranched alkanes of at least 4 members (excludes halogenated alkanes) is 13. The van der Waals surface area contributed by atoms with Crippen LogP contribution in [0.15, 0.2) is 83.6 Å². The first-order chi connectivity index (χ1) is 40.3. The smallest absolute Gasteiger partial charge is 0.228 e. The lowest BCUT2D eigenvalue weighted by Gasteiger charge is -2.02. The maximum atomic E-state index is 3.80. The van der Waals surface area contributed by atoms with Crippen molar-refractivity contribution < 1.29 is 4.57 Å². The van der Waals surface area contributed by atoms with Crippen LogP contribution in [0.4, 0.5) is 0 Å². The molecule has 0 aliphatic heterocycles. The first-order valence-electron chi connectivity index (χ1n) is 30.6. The average Bonchev–Trinajstić information content (AvgIpc) is 4.46. The van der Waals surface area contributed by atoms with Gasteiger partial charge in [-0.3, -0.25) is 0 Å². The molecule has 0 fully saturated rings. The molecule has 0 atom stereocenters. The molecule has 0 N–H and O–H groups in total. The molecule has 0 unspecified atom stereocenters. The van der Waals surface area contributed by atoms with Crippen molar-refractivity contribution in [2.75, 3.05) is 0 Å². The Morgan fingerprint density at radius 2 is 0.744 bits per heavy atom. The van der Waals surface area contributed by atoms with Crippen LogP contribution in [0.25, 0.3) is 69.6 Å². The fraction of sp³-hybridized carbons (Fsp3) is 0.423. The number of fused-ring (bicyclic) bond motifs is 1. The van der Waals surface area contributed by atoms with Crippen molar-refractivity contribution in [3.05, 3.63) is 131 Å². The minimum Gasteiger partial charge on any atom is -0.228 e. The Kier molecular flexibility index (Phi) is 22.5. The number of thiophene rings is 9. The first-order valence-corrected chi connectivity index (χ1v) is 38.1. The second kappa shape index (κ2) is 30.3. The quantitative estimate of drug-likeness (QED) is 0.0251. The Morgan fingerprint density at radius 1 is 0.366 bits per heavy atom. The van der Waals surface area contributed by atoms with Crippen molar-refractivity contribution in [2.24, 2.45) is 14.1 Å². The van der Waals surface area contributed by atoms with Crippen molar-refractivity contribution in [3.63, 3.8) is 0 Å². The van der Waals surface area contributed by atoms with E-state index in [9.17, 15) is 0 Å². The van der Waals surface area contributed by atoms with Gasteiger partial charge >= 0.3 is 0 Å². The summed E-state index contributed by atoms with van der Waals surface area (Å²) >= 11 is 17.2. The van der Waals surface area contributed by atoms with Gasteiger partial charge in [0.05, 0.1) is 23.8 Å². The fourth-order valence-corrected chi connectivity index (χ4v) is 21.1. The molecule has 0 amide bonds. The predicted molar refractivity (Wildman–Crippen MR) is 372 cm³/mol. The van der Waals surface area contributed by atoms with E-state index >= 15 is 0 Å². The third-order valence-corrected chi connectivity index (χ3v) is 26.3. The summed E-state index contributed by atoms with van der Waals surface area (Å²) in [5, 5.41) is 4.57. The molecular weight excluding hydrogens is 1170 g/mol. The lowest BCUT2D eigenvalue weighted by Crippen LogP contribution is -2.33. The summed E-state index contributed by atoms with van der Waals surface area (Å²) in [6.07, 6.45) is 28.3. The fourth-order valence-electron chi connectivity index (χ4n) is 11.2. The summed E-state index contributed by atoms with van der Waals surface area (Å²) in [5.41, 5.74) is 8.36. The summed E-state index contributed by atoms with van der Waals surface area (Å²) in [6.45, 7) is 11.5. The third-order valence-electron chi connectivity index (χ3n) is 15.8. The van der Waals surface area contributed by atoms with Gasteiger partial charge in [-0.15, -0.1) is 102 Å². The number of aromatic nitrogens is 2. The summed E-state index contributed by atoms with van der Waals surface area (Å²) in [6, 6.07) is 28.5. The predicted octanol–water partition coefficient (Wildman–Crippen LogP) is 24.2. The van der Waals surface area contributed by atoms with Crippen molar-refractivity contribution in [1.29, 1.82) is 0 Å². The maximum Gasteiger partial charge on any atom is 0.257 e. The molecule has 0 radical (unpaired) electrons. The molecule has 10 rings (SSSR count). The zero-order chi connectivity index (χ0) is 56.8. The first kappa shape index (κ1) is 61.0. The standard InChI is InChI=1S/C71H81N2S9/c1-8-13-18-22-26-49-43-45-74-68(49)61-39-35-55(78-61)57-37-41-63(80-57)70-51(28-24-20-15-10-3)47-53(76-70)31-33-59-66-67(73(7)65(72(66)6)30-17-12-5)60(82-59)34-32-54-48-52(29-25-21-16-11-4)71(77-54)64-42-38-58(81-64)56-36-40-62(79-56)69-50(44-46-75-69)27-23-19-14-9-2/h35-48H,8-30H2,1-7H3/q+1. The minimum atomic E-state index is 1.03. The lowest BCUT2D eigenvalue weighted by molar-refractivity contribution is -0.653. The van der Waals surface area contributed by atoms with Crippen LogP contribution in [0.1, 0.15) is 198 Å². The Morgan fingerprint density at radius 3 is 1.16 bits per heavy atom. The largest absolute Gasteiger partial charge is 0.257 e. The number of aryl methyl sites for hydroxylation is 6. The SMILES string of the molecule is CCCCCCc1ccsc1-c1ccc(-c2ccc(-c3sc(C#Cc4sc(C#Cc5cc(CCCCCC)c(-c6ccc(-c7ccc(-c8sccc8CCCCCC)s7)s6)s5)c5c4n(C)c(CCCC)[n+]5C)cc3CCCCCC)s2)s1. The summed E-state index contributed by atoms with van der Waals surface area (Å²) in [4.78, 5) is 21.2. The molecule has 0 spiro atoms. The third kappa shape index (κ3) is 14.7. The van der Waals surface area contributed by atoms with Crippen LogP contribution in [0.2, 0.25) is 0 Å². The van der Waals surface area contributed by atoms with Crippen molar-refractivity contribution >= 4 is 113 Å². The van der Waals surface area contributed by atoms with Crippen LogP contribution in [-0.4, -0.2) is 4.57 Å². The van der Waals surface area contributed by atoms with E-state index in [1.807, 2.05) is 90.7 Å². The van der Waals surface area contributed by atoms with E-state index in [2.05, 4.69) is 165 Å². The van der Waals surface area contributed by atoms with Gasteiger partial charge in [0, 0.05) is 64.9 Å². The molecule has 0 bridgehead atoms. The number of hydrogen-bond donors (Lipinski definition) is 0. The Labute approximate surface area is 527 Å². The molecule has 0 aliphatic rings. The molecule has 82 heavy (non-hydrogen) atoms. The van der Waals surface area contributed by atoms with Crippen LogP contribution < -0.4 is 4.57 Å². The van der Waals surface area contributed by atoms with Crippen LogP contribution in [0.3, 0.4) is 0 Å². The highest BCUT2D eigenvalue weighted by atomic mass is 32.1. The monoisotopic (exact) mass is 1250 g/mol. The number of nitrogens with zero attached hydrogens (tertiary/aromatic N) is 2. The molecule has 10 heterocycles. The Hall–Kier alpha value is -4.11. The molecule has 2 nitrogen and oxygen atoms in total. The topological polar surface area (TPSA) is 8.81 Å². The van der Waals surface area contributed by atoms with E-state index in [1.54, 1.807) is 11.3 Å². The number of hydrogen-bond acceptors (Lipinski definition) is 9.